The van der Waals surface area contributed by atoms with Gasteiger partial charge in [-0.3, -0.25) is 0 Å². The van der Waals surface area contributed by atoms with Crippen LogP contribution in [0.15, 0.2) is 58.3 Å². The van der Waals surface area contributed by atoms with Gasteiger partial charge >= 0.3 is 0 Å². The third-order valence-corrected chi connectivity index (χ3v) is 17.3. The zero-order chi connectivity index (χ0) is 56.8. The molecular weight excluding hydrogens is 965 g/mol. The molecular formula is C70H128N2O4S. The largest absolute Gasteiger partial charge is 0.545 e. The molecule has 77 heavy (non-hydrogen) atoms. The zero-order valence-corrected chi connectivity index (χ0v) is 53.3. The van der Waals surface area contributed by atoms with Gasteiger partial charge in [0.15, 0.2) is 0 Å². The van der Waals surface area contributed by atoms with Crippen LogP contribution in [0.3, 0.4) is 0 Å². The molecule has 448 valence electrons. The average molecular weight is 1090 g/mol. The fourth-order valence-electron chi connectivity index (χ4n) is 11.2. The van der Waals surface area contributed by atoms with Crippen LogP contribution in [0.4, 0.5) is 0 Å². The first-order chi connectivity index (χ1) is 37.5. The van der Waals surface area contributed by atoms with Gasteiger partial charge in [-0.2, -0.15) is 0 Å². The maximum absolute atomic E-state index is 10.6. The molecule has 0 aliphatic heterocycles. The van der Waals surface area contributed by atoms with Gasteiger partial charge in [-0.1, -0.05) is 246 Å². The number of hydrogen-bond acceptors (Lipinski definition) is 5. The Labute approximate surface area is 484 Å². The van der Waals surface area contributed by atoms with Gasteiger partial charge in [-0.05, 0) is 138 Å². The highest BCUT2D eigenvalue weighted by Gasteiger charge is 2.27. The fourth-order valence-corrected chi connectivity index (χ4v) is 12.0. The third kappa shape index (κ3) is 43.1. The Bertz CT molecular complexity index is 1330. The highest BCUT2D eigenvalue weighted by molar-refractivity contribution is 7.99. The minimum absolute atomic E-state index is 0.122. The summed E-state index contributed by atoms with van der Waals surface area (Å²) in [5.74, 6) is -2.43. The molecule has 0 aliphatic rings. The van der Waals surface area contributed by atoms with E-state index in [2.05, 4.69) is 55.4 Å². The molecule has 0 bridgehead atoms. The van der Waals surface area contributed by atoms with Gasteiger partial charge < -0.3 is 28.8 Å². The number of carboxylic acid groups (broad SMARTS) is 2. The first-order valence-corrected chi connectivity index (χ1v) is 34.4. The van der Waals surface area contributed by atoms with Crippen molar-refractivity contribution in [2.45, 2.75) is 322 Å². The highest BCUT2D eigenvalue weighted by Crippen LogP contribution is 2.28. The molecule has 0 aromatic heterocycles. The Kier molecular flexibility index (Phi) is 52.6. The summed E-state index contributed by atoms with van der Waals surface area (Å²) in [6, 6.07) is 12.5. The van der Waals surface area contributed by atoms with Crippen molar-refractivity contribution >= 4 is 23.7 Å². The molecule has 0 amide bonds. The molecule has 0 radical (unpaired) electrons. The Morgan fingerprint density at radius 1 is 0.273 bits per heavy atom. The monoisotopic (exact) mass is 1090 g/mol. The number of hydrogen-bond donors (Lipinski definition) is 0. The van der Waals surface area contributed by atoms with Crippen LogP contribution in [0.1, 0.15) is 333 Å². The van der Waals surface area contributed by atoms with Crippen LogP contribution in [0.5, 0.6) is 0 Å². The molecule has 0 aliphatic carbocycles. The van der Waals surface area contributed by atoms with E-state index in [0.717, 1.165) is 9.79 Å². The summed E-state index contributed by atoms with van der Waals surface area (Å²) >= 11 is 1.40. The molecule has 0 N–H and O–H groups in total. The SMILES string of the molecule is CCCCCCC[N+](CCCCCCC)(CCCCCCC)CCCCCCC.CCCCCCC[N+](CCCCCCC)(CCCCCCC)CCCCCCC.O=C([O-])c1ccc(Sc2ccc(C(=O)[O-])cc2)cc1. The molecule has 0 saturated carbocycles. The van der Waals surface area contributed by atoms with Crippen LogP contribution in [0.25, 0.3) is 0 Å². The molecule has 2 aromatic carbocycles. The number of aromatic carboxylic acids is 2. The molecule has 0 spiro atoms. The molecule has 7 heteroatoms. The lowest BCUT2D eigenvalue weighted by Gasteiger charge is -2.40. The summed E-state index contributed by atoms with van der Waals surface area (Å²) in [5, 5.41) is 21.2. The minimum atomic E-state index is -1.21. The summed E-state index contributed by atoms with van der Waals surface area (Å²) in [6.07, 6.45) is 57.6. The summed E-state index contributed by atoms with van der Waals surface area (Å²) < 4.78 is 2.94. The van der Waals surface area contributed by atoms with E-state index < -0.39 is 11.9 Å². The van der Waals surface area contributed by atoms with Crippen LogP contribution in [0, 0.1) is 0 Å². The lowest BCUT2D eigenvalue weighted by molar-refractivity contribution is -0.929. The van der Waals surface area contributed by atoms with Crippen LogP contribution in [-0.2, 0) is 0 Å². The maximum atomic E-state index is 10.6. The topological polar surface area (TPSA) is 80.3 Å². The summed E-state index contributed by atoms with van der Waals surface area (Å²) in [7, 11) is 0. The van der Waals surface area contributed by atoms with E-state index in [0.29, 0.717) is 0 Å². The fraction of sp³-hybridized carbons (Fsp3) is 0.800. The summed E-state index contributed by atoms with van der Waals surface area (Å²) in [5.41, 5.74) is 0.244. The van der Waals surface area contributed by atoms with Crippen molar-refractivity contribution in [3.8, 4) is 0 Å². The van der Waals surface area contributed by atoms with Crippen molar-refractivity contribution in [3.05, 3.63) is 59.7 Å². The number of nitrogens with zero attached hydrogens (tertiary/aromatic N) is 2. The Balaban J connectivity index is 0.00000115. The smallest absolute Gasteiger partial charge is 0.0786 e. The predicted octanol–water partition coefficient (Wildman–Crippen LogP) is 19.9. The van der Waals surface area contributed by atoms with E-state index in [1.54, 1.807) is 24.3 Å². The second kappa shape index (κ2) is 54.2. The molecule has 2 aromatic rings. The zero-order valence-electron chi connectivity index (χ0n) is 52.5. The average Bonchev–Trinajstić information content (AvgIpc) is 3.43. The van der Waals surface area contributed by atoms with Gasteiger partial charge in [0.1, 0.15) is 0 Å². The molecule has 0 saturated heterocycles. The standard InChI is InChI=1S/2C28H60N.C14H10O4S/c2*1-5-9-13-17-21-25-29(26-22-18-14-10-6-2,27-23-19-15-11-7-3)28-24-20-16-12-8-4;15-13(16)9-1-5-11(6-2-9)19-12-7-3-10(4-8-12)14(17)18/h2*5-28H2,1-4H3;1-8H,(H,15,16)(H,17,18)/q2*+1;/p-2. The third-order valence-electron chi connectivity index (χ3n) is 16.3. The van der Waals surface area contributed by atoms with Crippen LogP contribution in [0.2, 0.25) is 0 Å². The van der Waals surface area contributed by atoms with E-state index in [-0.39, 0.29) is 11.1 Å². The van der Waals surface area contributed by atoms with Crippen LogP contribution < -0.4 is 10.2 Å². The Morgan fingerprint density at radius 2 is 0.429 bits per heavy atom. The van der Waals surface area contributed by atoms with Gasteiger partial charge in [0, 0.05) is 9.79 Å². The normalized spacial score (nSPS) is 11.5. The van der Waals surface area contributed by atoms with E-state index in [1.165, 1.54) is 354 Å². The molecule has 2 rings (SSSR count). The quantitative estimate of drug-likeness (QED) is 0.0487. The van der Waals surface area contributed by atoms with Crippen molar-refractivity contribution in [2.75, 3.05) is 52.4 Å². The van der Waals surface area contributed by atoms with Gasteiger partial charge in [-0.15, -0.1) is 0 Å². The van der Waals surface area contributed by atoms with Crippen molar-refractivity contribution in [2.24, 2.45) is 0 Å². The van der Waals surface area contributed by atoms with Gasteiger partial charge in [-0.25, -0.2) is 0 Å². The van der Waals surface area contributed by atoms with Gasteiger partial charge in [0.2, 0.25) is 0 Å². The number of carbonyl (C=O) groups is 2. The second-order valence-corrected chi connectivity index (χ2v) is 24.7. The maximum Gasteiger partial charge on any atom is 0.0786 e. The van der Waals surface area contributed by atoms with Crippen LogP contribution >= 0.6 is 11.8 Å². The van der Waals surface area contributed by atoms with Crippen LogP contribution in [-0.4, -0.2) is 73.3 Å². The van der Waals surface area contributed by atoms with E-state index in [4.69, 9.17) is 0 Å². The molecule has 6 nitrogen and oxygen atoms in total. The molecule has 0 fully saturated rings. The summed E-state index contributed by atoms with van der Waals surface area (Å²) in [4.78, 5) is 22.9. The number of rotatable bonds is 52. The van der Waals surface area contributed by atoms with Crippen molar-refractivity contribution in [1.29, 1.82) is 0 Å². The first-order valence-electron chi connectivity index (χ1n) is 33.6. The molecule has 0 atom stereocenters. The molecule has 0 heterocycles. The van der Waals surface area contributed by atoms with Crippen molar-refractivity contribution in [1.82, 2.24) is 0 Å². The minimum Gasteiger partial charge on any atom is -0.545 e. The second-order valence-electron chi connectivity index (χ2n) is 23.5. The Hall–Kier alpha value is -2.35. The lowest BCUT2D eigenvalue weighted by Crippen LogP contribution is -2.50. The summed E-state index contributed by atoms with van der Waals surface area (Å²) in [6.45, 7) is 30.5. The van der Waals surface area contributed by atoms with Crippen molar-refractivity contribution in [3.63, 3.8) is 0 Å². The van der Waals surface area contributed by atoms with E-state index in [1.807, 2.05) is 0 Å². The Morgan fingerprint density at radius 3 is 0.571 bits per heavy atom. The highest BCUT2D eigenvalue weighted by atomic mass is 32.2. The number of carbonyl (C=O) groups excluding carboxylic acids is 2. The number of benzene rings is 2. The van der Waals surface area contributed by atoms with Crippen molar-refractivity contribution < 1.29 is 28.8 Å². The van der Waals surface area contributed by atoms with Gasteiger partial charge in [0.25, 0.3) is 0 Å². The number of unbranched alkanes of at least 4 members (excludes halogenated alkanes) is 32. The van der Waals surface area contributed by atoms with E-state index in [9.17, 15) is 19.8 Å². The molecule has 0 unspecified atom stereocenters. The number of carboxylic acids is 2. The lowest BCUT2D eigenvalue weighted by atomic mass is 10.1. The predicted molar refractivity (Wildman–Crippen MR) is 335 cm³/mol. The first kappa shape index (κ1) is 74.7. The number of quaternary nitrogens is 2. The van der Waals surface area contributed by atoms with E-state index >= 15 is 0 Å². The van der Waals surface area contributed by atoms with Gasteiger partial charge in [0.05, 0.1) is 64.3 Å².